The van der Waals surface area contributed by atoms with Crippen molar-refractivity contribution in [2.45, 2.75) is 140 Å². The molecule has 3 aromatic carbocycles. The number of anilines is 1. The predicted molar refractivity (Wildman–Crippen MR) is 265 cm³/mol. The Kier molecular flexibility index (Phi) is 16.3. The molecule has 0 amide bonds. The number of cyclic esters (lactones) is 1. The quantitative estimate of drug-likeness (QED) is 0.0342. The van der Waals surface area contributed by atoms with Gasteiger partial charge in [-0.25, -0.2) is 14.6 Å². The number of nitrogens with one attached hydrogen (secondary N) is 2. The lowest BCUT2D eigenvalue weighted by Crippen LogP contribution is -2.76. The Balaban J connectivity index is 1.24. The van der Waals surface area contributed by atoms with E-state index in [1.165, 1.54) is 6.07 Å². The van der Waals surface area contributed by atoms with Crippen LogP contribution in [0.5, 0.6) is 34.5 Å². The van der Waals surface area contributed by atoms with E-state index in [4.69, 9.17) is 34.2 Å². The Morgan fingerprint density at radius 2 is 1.84 bits per heavy atom. The van der Waals surface area contributed by atoms with Crippen LogP contribution in [0.1, 0.15) is 115 Å². The Morgan fingerprint density at radius 3 is 2.57 bits per heavy atom. The second-order valence-corrected chi connectivity index (χ2v) is 20.2. The molecule has 74 heavy (non-hydrogen) atoms. The fourth-order valence-electron chi connectivity index (χ4n) is 10.9. The van der Waals surface area contributed by atoms with Gasteiger partial charge < -0.3 is 90.7 Å². The number of ether oxygens (including phenoxy) is 6. The van der Waals surface area contributed by atoms with Gasteiger partial charge in [0, 0.05) is 67.5 Å². The molecule has 13 N–H and O–H groups in total. The number of unbranched alkanes of at least 4 members (excludes halogenated alkanes) is 1. The lowest BCUT2D eigenvalue weighted by atomic mass is 9.68. The number of guanidine groups is 1. The number of aliphatic imine (C=N–C) groups is 1. The predicted octanol–water partition coefficient (Wildman–Crippen LogP) is 2.77. The van der Waals surface area contributed by atoms with E-state index in [1.54, 1.807) is 0 Å². The minimum absolute atomic E-state index is 0.0116. The topological polar surface area (TPSA) is 334 Å². The third-order valence-electron chi connectivity index (χ3n) is 14.9. The summed E-state index contributed by atoms with van der Waals surface area (Å²) in [5.41, 5.74) is 1.85. The molecule has 1 fully saturated rings. The number of aliphatic hydroxyl groups is 6. The number of phenols is 2. The average Bonchev–Trinajstić information content (AvgIpc) is 3.60. The van der Waals surface area contributed by atoms with Crippen molar-refractivity contribution >= 4 is 23.6 Å². The molecule has 0 radical (unpaired) electrons. The minimum Gasteiger partial charge on any atom is -0.504 e. The van der Waals surface area contributed by atoms with E-state index in [9.17, 15) is 55.5 Å². The number of hydrogen-bond donors (Lipinski definition) is 12. The van der Waals surface area contributed by atoms with Gasteiger partial charge in [-0.05, 0) is 68.4 Å². The number of carboxylic acid groups (broad SMARTS) is 1. The standard InChI is InChI=1S/C53H68N4O17/c1-5-28-10-8-11-29(21-28)13-18-70-44-40(60)38-37-34(35(59)14-19-69-43(37)41(44)61)24-53(50(67)73-47(38)65)49(66)52(68)15-9-12-30-22-32-39(57-27(4)31(30)20-26(2)3)33(46(63)64)23-36(42(32)72-48(74-53)45(52)62)71-25-56-51(54)55-16-6-7-17-58/h8,10-11,21,23,26-27,30-31,34-35,45,48-50,57-62,66-68H,5-7,13-20,22,24-25H2,1-4H3,(H,63,64)(H3,54,55,56). The zero-order valence-corrected chi connectivity index (χ0v) is 41.9. The highest BCUT2D eigenvalue weighted by molar-refractivity contribution is 5.98. The van der Waals surface area contributed by atoms with Crippen molar-refractivity contribution < 1.29 is 84.0 Å². The number of phenolic OH excluding ortho intramolecular Hbond substituents is 2. The van der Waals surface area contributed by atoms with Gasteiger partial charge in [0.05, 0.1) is 30.6 Å². The fraction of sp³-hybridized carbons (Fsp3) is 0.566. The van der Waals surface area contributed by atoms with Crippen LogP contribution in [0.3, 0.4) is 0 Å². The highest BCUT2D eigenvalue weighted by Gasteiger charge is 2.68. The summed E-state index contributed by atoms with van der Waals surface area (Å²) in [6, 6.07) is 8.58. The zero-order chi connectivity index (χ0) is 53.2. The van der Waals surface area contributed by atoms with Gasteiger partial charge in [-0.1, -0.05) is 56.9 Å². The number of carbonyl (C=O) groups is 2. The number of aliphatic hydroxyl groups excluding tert-OH is 5. The molecule has 402 valence electrons. The molecule has 5 aliphatic rings. The van der Waals surface area contributed by atoms with Crippen LogP contribution in [0.25, 0.3) is 0 Å². The van der Waals surface area contributed by atoms with Crippen LogP contribution in [-0.4, -0.2) is 145 Å². The number of rotatable bonds is 15. The largest absolute Gasteiger partial charge is 0.504 e. The molecule has 8 rings (SSSR count). The van der Waals surface area contributed by atoms with Crippen LogP contribution in [0.2, 0.25) is 0 Å². The molecule has 1 saturated heterocycles. The van der Waals surface area contributed by atoms with E-state index in [2.05, 4.69) is 27.5 Å². The summed E-state index contributed by atoms with van der Waals surface area (Å²) < 4.78 is 36.9. The van der Waals surface area contributed by atoms with E-state index >= 15 is 0 Å². The molecule has 0 aliphatic carbocycles. The van der Waals surface area contributed by atoms with Gasteiger partial charge in [0.1, 0.15) is 23.4 Å². The number of esters is 1. The summed E-state index contributed by atoms with van der Waals surface area (Å²) in [6.07, 6.45) is -9.46. The molecule has 11 atom stereocenters. The van der Waals surface area contributed by atoms with Gasteiger partial charge >= 0.3 is 11.9 Å². The van der Waals surface area contributed by atoms with Gasteiger partial charge in [-0.3, -0.25) is 0 Å². The second kappa shape index (κ2) is 22.3. The summed E-state index contributed by atoms with van der Waals surface area (Å²) >= 11 is 0. The van der Waals surface area contributed by atoms with Crippen molar-refractivity contribution in [3.63, 3.8) is 0 Å². The number of nitrogens with two attached hydrogens (primary N) is 1. The summed E-state index contributed by atoms with van der Waals surface area (Å²) in [4.78, 5) is 31.9. The van der Waals surface area contributed by atoms with E-state index < -0.39 is 108 Å². The molecular weight excluding hydrogens is 965 g/mol. The van der Waals surface area contributed by atoms with Crippen LogP contribution in [0.15, 0.2) is 35.3 Å². The number of aryl methyl sites for hydroxylation is 1. The third-order valence-corrected chi connectivity index (χ3v) is 14.9. The maximum absolute atomic E-state index is 14.5. The maximum atomic E-state index is 14.5. The number of benzene rings is 3. The number of hydrogen-bond acceptors (Lipinski definition) is 18. The van der Waals surface area contributed by atoms with E-state index in [0.717, 1.165) is 17.5 Å². The molecule has 21 nitrogen and oxygen atoms in total. The number of nitrogens with zero attached hydrogens (tertiary/aromatic N) is 1. The Labute approximate surface area is 428 Å². The summed E-state index contributed by atoms with van der Waals surface area (Å²) in [6.45, 7) is 7.56. The van der Waals surface area contributed by atoms with Crippen molar-refractivity contribution in [2.24, 2.45) is 28.5 Å². The number of carboxylic acids is 1. The van der Waals surface area contributed by atoms with E-state index in [0.29, 0.717) is 32.2 Å². The van der Waals surface area contributed by atoms with E-state index in [-0.39, 0.29) is 96.1 Å². The SMILES string of the molecule is CCc1cccc(CCOc2c(O)c3c4c(c2O)C(=O)OC(O)C2(CC4C(O)CCO3)OC3Oc4c(OCN=C(N)NCCCCO)cc(C(=O)O)c5c4CC(C#CCC(O)(C3O)C2O)C(CC(C)C)C(C)N5)c1. The lowest BCUT2D eigenvalue weighted by Gasteiger charge is -2.55. The molecule has 11 unspecified atom stereocenters. The van der Waals surface area contributed by atoms with Crippen LogP contribution < -0.4 is 35.3 Å². The van der Waals surface area contributed by atoms with Gasteiger partial charge in [-0.15, -0.1) is 0 Å². The number of aromatic carboxylic acids is 1. The Hall–Kier alpha value is -6.25. The van der Waals surface area contributed by atoms with Crippen LogP contribution in [0, 0.1) is 29.6 Å². The number of aromatic hydroxyl groups is 2. The maximum Gasteiger partial charge on any atom is 0.344 e. The molecule has 1 spiro atoms. The average molecular weight is 1030 g/mol. The first-order valence-electron chi connectivity index (χ1n) is 25.2. The van der Waals surface area contributed by atoms with Crippen molar-refractivity contribution in [1.82, 2.24) is 5.32 Å². The molecular formula is C53H68N4O17. The number of fused-ring (bicyclic) bond motifs is 3. The van der Waals surface area contributed by atoms with Gasteiger partial charge in [0.25, 0.3) is 0 Å². The van der Waals surface area contributed by atoms with Crippen molar-refractivity contribution in [2.75, 3.05) is 38.4 Å². The Morgan fingerprint density at radius 1 is 1.07 bits per heavy atom. The molecule has 5 aliphatic heterocycles. The Bertz CT molecular complexity index is 2670. The zero-order valence-electron chi connectivity index (χ0n) is 41.9. The summed E-state index contributed by atoms with van der Waals surface area (Å²) in [5, 5.41) is 112. The molecule has 4 bridgehead atoms. The first kappa shape index (κ1) is 54.0. The monoisotopic (exact) mass is 1030 g/mol. The van der Waals surface area contributed by atoms with Gasteiger partial charge in [0.15, 0.2) is 41.3 Å². The lowest BCUT2D eigenvalue weighted by molar-refractivity contribution is -0.382. The van der Waals surface area contributed by atoms with Crippen LogP contribution >= 0.6 is 0 Å². The normalized spacial score (nSPS) is 29.2. The van der Waals surface area contributed by atoms with Crippen LogP contribution in [0.4, 0.5) is 5.69 Å². The summed E-state index contributed by atoms with van der Waals surface area (Å²) in [7, 11) is 0. The van der Waals surface area contributed by atoms with Crippen molar-refractivity contribution in [1.29, 1.82) is 0 Å². The first-order valence-corrected chi connectivity index (χ1v) is 25.2. The molecule has 5 heterocycles. The highest BCUT2D eigenvalue weighted by atomic mass is 16.7. The van der Waals surface area contributed by atoms with E-state index in [1.807, 2.05) is 52.0 Å². The molecule has 0 aromatic heterocycles. The third kappa shape index (κ3) is 10.4. The minimum atomic E-state index is -2.78. The number of carbonyl (C=O) groups excluding carboxylic acids is 1. The van der Waals surface area contributed by atoms with Crippen LogP contribution in [-0.2, 0) is 28.7 Å². The van der Waals surface area contributed by atoms with Gasteiger partial charge in [-0.2, -0.15) is 0 Å². The highest BCUT2D eigenvalue weighted by Crippen LogP contribution is 2.58. The van der Waals surface area contributed by atoms with Crippen molar-refractivity contribution in [3.8, 4) is 46.3 Å². The van der Waals surface area contributed by atoms with Gasteiger partial charge in [0.2, 0.25) is 24.1 Å². The molecule has 3 aromatic rings. The molecule has 21 heteroatoms. The molecule has 0 saturated carbocycles. The fourth-order valence-corrected chi connectivity index (χ4v) is 10.9. The second-order valence-electron chi connectivity index (χ2n) is 20.2. The smallest absolute Gasteiger partial charge is 0.344 e. The first-order chi connectivity index (χ1) is 35.3. The van der Waals surface area contributed by atoms with Crippen molar-refractivity contribution in [3.05, 3.63) is 63.7 Å². The summed E-state index contributed by atoms with van der Waals surface area (Å²) in [5.74, 6) is -1.56.